The van der Waals surface area contributed by atoms with Crippen LogP contribution < -0.4 is 25.8 Å². The van der Waals surface area contributed by atoms with Crippen LogP contribution in [0.3, 0.4) is 0 Å². The zero-order valence-corrected chi connectivity index (χ0v) is 24.9. The number of carbonyl (C=O) groups is 1. The highest BCUT2D eigenvalue weighted by molar-refractivity contribution is 5.99. The van der Waals surface area contributed by atoms with E-state index in [-0.39, 0.29) is 23.1 Å². The van der Waals surface area contributed by atoms with Crippen LogP contribution in [-0.4, -0.2) is 73.6 Å². The average Bonchev–Trinajstić information content (AvgIpc) is 3.07. The van der Waals surface area contributed by atoms with Crippen molar-refractivity contribution in [1.82, 2.24) is 9.97 Å². The molecule has 11 nitrogen and oxygen atoms in total. The molecule has 2 aliphatic rings. The minimum Gasteiger partial charge on any atom is -0.506 e. The number of nitrogens with one attached hydrogen (secondary N) is 3. The highest BCUT2D eigenvalue weighted by atomic mass is 19.1. The van der Waals surface area contributed by atoms with Crippen molar-refractivity contribution in [3.63, 3.8) is 0 Å². The summed E-state index contributed by atoms with van der Waals surface area (Å²) < 4.78 is 40.9. The van der Waals surface area contributed by atoms with Crippen LogP contribution in [0.5, 0.6) is 5.75 Å². The first-order chi connectivity index (χ1) is 22.4. The highest BCUT2D eigenvalue weighted by Crippen LogP contribution is 2.35. The maximum atomic E-state index is 15.2. The summed E-state index contributed by atoms with van der Waals surface area (Å²) in [5, 5.41) is 19.4. The number of morpholine rings is 2. The van der Waals surface area contributed by atoms with E-state index in [0.717, 1.165) is 6.08 Å². The van der Waals surface area contributed by atoms with Crippen molar-refractivity contribution in [2.75, 3.05) is 78.4 Å². The smallest absolute Gasteiger partial charge is 0.247 e. The van der Waals surface area contributed by atoms with E-state index < -0.39 is 17.5 Å². The molecule has 46 heavy (non-hydrogen) atoms. The van der Waals surface area contributed by atoms with Gasteiger partial charge in [-0.3, -0.25) is 4.79 Å². The molecule has 6 rings (SSSR count). The zero-order valence-electron chi connectivity index (χ0n) is 24.9. The third kappa shape index (κ3) is 7.16. The van der Waals surface area contributed by atoms with E-state index in [9.17, 15) is 14.3 Å². The third-order valence-electron chi connectivity index (χ3n) is 7.57. The lowest BCUT2D eigenvalue weighted by Crippen LogP contribution is -2.36. The molecule has 0 unspecified atom stereocenters. The molecule has 2 fully saturated rings. The van der Waals surface area contributed by atoms with Gasteiger partial charge in [0.1, 0.15) is 17.4 Å². The quantitative estimate of drug-likeness (QED) is 0.141. The summed E-state index contributed by atoms with van der Waals surface area (Å²) in [5.74, 6) is -1.19. The Kier molecular flexibility index (Phi) is 9.22. The fraction of sp³-hybridized carbons (Fsp3) is 0.242. The minimum absolute atomic E-state index is 0.134. The number of phenolic OH excluding ortho intramolecular Hbond substituents is 1. The fourth-order valence-electron chi connectivity index (χ4n) is 5.33. The molecule has 2 saturated heterocycles. The Balaban J connectivity index is 1.34. The number of aromatic hydroxyl groups is 1. The molecule has 4 aromatic rings. The first kappa shape index (κ1) is 30.7. The van der Waals surface area contributed by atoms with Crippen LogP contribution in [0.1, 0.15) is 0 Å². The summed E-state index contributed by atoms with van der Waals surface area (Å²) in [4.78, 5) is 25.1. The second-order valence-corrected chi connectivity index (χ2v) is 10.7. The summed E-state index contributed by atoms with van der Waals surface area (Å²) in [6.07, 6.45) is 2.59. The maximum absolute atomic E-state index is 15.2. The lowest BCUT2D eigenvalue weighted by Gasteiger charge is -2.29. The van der Waals surface area contributed by atoms with Gasteiger partial charge in [0.2, 0.25) is 11.9 Å². The maximum Gasteiger partial charge on any atom is 0.247 e. The topological polar surface area (TPSA) is 124 Å². The van der Waals surface area contributed by atoms with E-state index >= 15 is 4.39 Å². The Hall–Kier alpha value is -5.27. The normalized spacial score (nSPS) is 14.9. The van der Waals surface area contributed by atoms with Crippen molar-refractivity contribution in [3.8, 4) is 17.0 Å². The molecule has 3 aromatic carbocycles. The van der Waals surface area contributed by atoms with Gasteiger partial charge < -0.3 is 40.3 Å². The van der Waals surface area contributed by atoms with E-state index in [1.54, 1.807) is 36.4 Å². The first-order valence-electron chi connectivity index (χ1n) is 14.8. The SMILES string of the molecule is C=CC(=O)Nc1cc(F)cc(-c2nc(Nc3ccc(O)c(N4CCOCC4)c3)ncc2Nc2ccc(N3CCOCC3)c(F)c2)c1. The van der Waals surface area contributed by atoms with E-state index in [1.165, 1.54) is 24.4 Å². The molecule has 0 atom stereocenters. The van der Waals surface area contributed by atoms with Crippen molar-refractivity contribution < 1.29 is 28.2 Å². The predicted molar refractivity (Wildman–Crippen MR) is 173 cm³/mol. The van der Waals surface area contributed by atoms with Crippen molar-refractivity contribution >= 4 is 46.0 Å². The molecule has 0 aliphatic carbocycles. The van der Waals surface area contributed by atoms with Crippen LogP contribution in [0, 0.1) is 11.6 Å². The molecule has 0 bridgehead atoms. The first-order valence-corrected chi connectivity index (χ1v) is 14.8. The van der Waals surface area contributed by atoms with Crippen LogP contribution in [0.2, 0.25) is 0 Å². The van der Waals surface area contributed by atoms with Gasteiger partial charge in [0.25, 0.3) is 0 Å². The number of aromatic nitrogens is 2. The van der Waals surface area contributed by atoms with Crippen molar-refractivity contribution in [2.24, 2.45) is 0 Å². The monoisotopic (exact) mass is 629 g/mol. The third-order valence-corrected chi connectivity index (χ3v) is 7.57. The van der Waals surface area contributed by atoms with Gasteiger partial charge in [-0.2, -0.15) is 0 Å². The summed E-state index contributed by atoms with van der Waals surface area (Å²) in [7, 11) is 0. The molecule has 4 N–H and O–H groups in total. The Labute approximate surface area is 264 Å². The number of nitrogens with zero attached hydrogens (tertiary/aromatic N) is 4. The zero-order chi connectivity index (χ0) is 32.0. The number of hydrogen-bond acceptors (Lipinski definition) is 10. The number of phenols is 1. The van der Waals surface area contributed by atoms with Gasteiger partial charge in [-0.25, -0.2) is 18.7 Å². The van der Waals surface area contributed by atoms with Gasteiger partial charge in [-0.05, 0) is 60.7 Å². The Morgan fingerprint density at radius 1 is 0.848 bits per heavy atom. The molecule has 1 amide bonds. The highest BCUT2D eigenvalue weighted by Gasteiger charge is 2.19. The van der Waals surface area contributed by atoms with Crippen LogP contribution in [-0.2, 0) is 14.3 Å². The number of hydrogen-bond donors (Lipinski definition) is 4. The van der Waals surface area contributed by atoms with Gasteiger partial charge >= 0.3 is 0 Å². The van der Waals surface area contributed by atoms with E-state index in [4.69, 9.17) is 14.5 Å². The molecule has 0 radical (unpaired) electrons. The lowest BCUT2D eigenvalue weighted by molar-refractivity contribution is -0.111. The molecule has 0 saturated carbocycles. The number of benzene rings is 3. The van der Waals surface area contributed by atoms with E-state index in [2.05, 4.69) is 27.5 Å². The number of rotatable bonds is 9. The van der Waals surface area contributed by atoms with Crippen molar-refractivity contribution in [2.45, 2.75) is 0 Å². The van der Waals surface area contributed by atoms with E-state index in [0.29, 0.717) is 86.6 Å². The van der Waals surface area contributed by atoms with Gasteiger partial charge in [0, 0.05) is 48.8 Å². The summed E-state index contributed by atoms with van der Waals surface area (Å²) in [5.41, 5.74) is 3.36. The van der Waals surface area contributed by atoms with Crippen molar-refractivity contribution in [3.05, 3.63) is 85.1 Å². The average molecular weight is 630 g/mol. The molecule has 2 aliphatic heterocycles. The predicted octanol–water partition coefficient (Wildman–Crippen LogP) is 5.41. The summed E-state index contributed by atoms with van der Waals surface area (Å²) >= 11 is 0. The summed E-state index contributed by atoms with van der Waals surface area (Å²) in [6.45, 7) is 8.08. The number of halogens is 2. The van der Waals surface area contributed by atoms with Gasteiger partial charge in [-0.1, -0.05) is 6.58 Å². The number of ether oxygens (including phenoxy) is 2. The Morgan fingerprint density at radius 3 is 2.22 bits per heavy atom. The Morgan fingerprint density at radius 2 is 1.52 bits per heavy atom. The van der Waals surface area contributed by atoms with Crippen LogP contribution >= 0.6 is 0 Å². The molecule has 238 valence electrons. The van der Waals surface area contributed by atoms with Crippen molar-refractivity contribution in [1.29, 1.82) is 0 Å². The van der Waals surface area contributed by atoms with Crippen LogP contribution in [0.4, 0.5) is 48.9 Å². The molecule has 0 spiro atoms. The lowest BCUT2D eigenvalue weighted by atomic mass is 10.1. The molecular formula is C33H33F2N7O4. The standard InChI is InChI=1S/C33H33F2N7O4/c1-2-31(44)38-25-16-21(15-22(34)17-25)32-27(37-23-3-5-28(26(35)18-23)41-7-11-45-12-8-41)20-36-33(40-32)39-24-4-6-30(43)29(19-24)42-9-13-46-14-10-42/h2-6,15-20,37,43H,1,7-14H2,(H,38,44)(H,36,39,40). The molecular weight excluding hydrogens is 596 g/mol. The molecule has 3 heterocycles. The molecule has 1 aromatic heterocycles. The van der Waals surface area contributed by atoms with E-state index in [1.807, 2.05) is 9.80 Å². The number of amides is 1. The fourth-order valence-corrected chi connectivity index (χ4v) is 5.33. The largest absolute Gasteiger partial charge is 0.506 e. The van der Waals surface area contributed by atoms with Gasteiger partial charge in [0.05, 0.1) is 55.4 Å². The number of anilines is 7. The summed E-state index contributed by atoms with van der Waals surface area (Å²) in [6, 6.07) is 13.9. The van der Waals surface area contributed by atoms with Gasteiger partial charge in [0.15, 0.2) is 0 Å². The Bertz CT molecular complexity index is 1740. The van der Waals surface area contributed by atoms with Gasteiger partial charge in [-0.15, -0.1) is 0 Å². The second-order valence-electron chi connectivity index (χ2n) is 10.7. The van der Waals surface area contributed by atoms with Crippen LogP contribution in [0.15, 0.2) is 73.4 Å². The minimum atomic E-state index is -0.606. The number of carbonyl (C=O) groups excluding carboxylic acids is 1. The second kappa shape index (κ2) is 13.8. The van der Waals surface area contributed by atoms with Crippen LogP contribution in [0.25, 0.3) is 11.3 Å². The molecule has 13 heteroatoms.